The molecular formula is C25H23FN2O6S. The zero-order valence-electron chi connectivity index (χ0n) is 19.0. The van der Waals surface area contributed by atoms with Crippen LogP contribution in [0.2, 0.25) is 0 Å². The first kappa shape index (κ1) is 25.6. The van der Waals surface area contributed by atoms with E-state index in [1.165, 1.54) is 62.4 Å². The Hall–Kier alpha value is -4.05. The summed E-state index contributed by atoms with van der Waals surface area (Å²) in [6.45, 7) is 0. The number of carboxylic acid groups (broad SMARTS) is 1. The Kier molecular flexibility index (Phi) is 8.69. The van der Waals surface area contributed by atoms with Gasteiger partial charge in [0.1, 0.15) is 5.82 Å². The minimum Gasteiger partial charge on any atom is -0.493 e. The van der Waals surface area contributed by atoms with Crippen molar-refractivity contribution in [3.63, 3.8) is 0 Å². The van der Waals surface area contributed by atoms with Crippen LogP contribution in [0.25, 0.3) is 0 Å². The van der Waals surface area contributed by atoms with Gasteiger partial charge in [-0.05, 0) is 42.0 Å². The summed E-state index contributed by atoms with van der Waals surface area (Å²) in [5.41, 5.74) is 1.69. The first-order valence-electron chi connectivity index (χ1n) is 10.3. The molecule has 3 N–H and O–H groups in total. The molecule has 0 fully saturated rings. The number of benzene rings is 3. The fourth-order valence-electron chi connectivity index (χ4n) is 3.10. The first-order valence-corrected chi connectivity index (χ1v) is 11.5. The van der Waals surface area contributed by atoms with Gasteiger partial charge in [-0.25, -0.2) is 9.18 Å². The Morgan fingerprint density at radius 1 is 0.914 bits per heavy atom. The highest BCUT2D eigenvalue weighted by Gasteiger charge is 2.18. The highest BCUT2D eigenvalue weighted by molar-refractivity contribution is 7.99. The van der Waals surface area contributed by atoms with Crippen LogP contribution in [-0.4, -0.2) is 42.9 Å². The number of hydrogen-bond donors (Lipinski definition) is 3. The van der Waals surface area contributed by atoms with Crippen LogP contribution in [0, 0.1) is 5.82 Å². The molecule has 0 spiro atoms. The van der Waals surface area contributed by atoms with Gasteiger partial charge in [0.2, 0.25) is 5.91 Å². The maximum absolute atomic E-state index is 12.9. The molecule has 3 aromatic rings. The van der Waals surface area contributed by atoms with Gasteiger partial charge in [0, 0.05) is 29.1 Å². The van der Waals surface area contributed by atoms with Crippen molar-refractivity contribution in [2.75, 3.05) is 30.6 Å². The third-order valence-corrected chi connectivity index (χ3v) is 5.85. The number of methoxy groups -OCH3 is 2. The number of carbonyl (C=O) groups is 3. The van der Waals surface area contributed by atoms with Gasteiger partial charge in [0.15, 0.2) is 11.5 Å². The summed E-state index contributed by atoms with van der Waals surface area (Å²) in [5, 5.41) is 14.8. The average Bonchev–Trinajstić information content (AvgIpc) is 2.85. The van der Waals surface area contributed by atoms with Crippen LogP contribution in [0.15, 0.2) is 60.7 Å². The standard InChI is InChI=1S/C25H23FN2O6S/c1-33-21-11-19(25(31)32)20(12-22(21)34-2)28-24(30)16-5-3-15(4-6-16)13-35-14-23(29)27-18-9-7-17(26)8-10-18/h3-12H,13-14H2,1-2H3,(H,27,29)(H,28,30)(H,31,32). The summed E-state index contributed by atoms with van der Waals surface area (Å²) < 4.78 is 23.3. The first-order chi connectivity index (χ1) is 16.8. The fraction of sp³-hybridized carbons (Fsp3) is 0.160. The van der Waals surface area contributed by atoms with Crippen molar-refractivity contribution in [2.24, 2.45) is 0 Å². The van der Waals surface area contributed by atoms with E-state index in [1.54, 1.807) is 24.3 Å². The molecule has 0 radical (unpaired) electrons. The van der Waals surface area contributed by atoms with Gasteiger partial charge >= 0.3 is 5.97 Å². The molecular weight excluding hydrogens is 475 g/mol. The van der Waals surface area contributed by atoms with Crippen molar-refractivity contribution >= 4 is 40.9 Å². The molecule has 0 unspecified atom stereocenters. The van der Waals surface area contributed by atoms with Gasteiger partial charge in [0.05, 0.1) is 31.2 Å². The lowest BCUT2D eigenvalue weighted by atomic mass is 10.1. The number of halogens is 1. The zero-order valence-corrected chi connectivity index (χ0v) is 19.8. The lowest BCUT2D eigenvalue weighted by Crippen LogP contribution is -2.15. The number of nitrogens with one attached hydrogen (secondary N) is 2. The number of ether oxygens (including phenoxy) is 2. The number of carbonyl (C=O) groups excluding carboxylic acids is 2. The summed E-state index contributed by atoms with van der Waals surface area (Å²) in [6, 6.07) is 14.9. The van der Waals surface area contributed by atoms with Crippen molar-refractivity contribution in [1.82, 2.24) is 0 Å². The highest BCUT2D eigenvalue weighted by atomic mass is 32.2. The predicted molar refractivity (Wildman–Crippen MR) is 132 cm³/mol. The SMILES string of the molecule is COc1cc(NC(=O)c2ccc(CSCC(=O)Nc3ccc(F)cc3)cc2)c(C(=O)O)cc1OC. The molecule has 35 heavy (non-hydrogen) atoms. The van der Waals surface area contributed by atoms with E-state index in [2.05, 4.69) is 10.6 Å². The molecule has 3 aromatic carbocycles. The summed E-state index contributed by atoms with van der Waals surface area (Å²) in [5.74, 6) is -1.04. The molecule has 0 heterocycles. The Labute approximate surface area is 205 Å². The predicted octanol–water partition coefficient (Wildman–Crippen LogP) is 4.67. The Bertz CT molecular complexity index is 1220. The molecule has 0 atom stereocenters. The molecule has 0 aliphatic rings. The van der Waals surface area contributed by atoms with Crippen LogP contribution in [0.3, 0.4) is 0 Å². The molecule has 3 rings (SSSR count). The van der Waals surface area contributed by atoms with E-state index in [1.807, 2.05) is 0 Å². The minimum atomic E-state index is -1.22. The molecule has 182 valence electrons. The number of hydrogen-bond acceptors (Lipinski definition) is 6. The van der Waals surface area contributed by atoms with E-state index < -0.39 is 11.9 Å². The number of carboxylic acids is 1. The van der Waals surface area contributed by atoms with Crippen LogP contribution < -0.4 is 20.1 Å². The van der Waals surface area contributed by atoms with E-state index in [9.17, 15) is 23.9 Å². The molecule has 0 aliphatic carbocycles. The number of rotatable bonds is 10. The maximum Gasteiger partial charge on any atom is 0.337 e. The van der Waals surface area contributed by atoms with Gasteiger partial charge in [-0.15, -0.1) is 11.8 Å². The minimum absolute atomic E-state index is 0.0759. The molecule has 0 aliphatic heterocycles. The van der Waals surface area contributed by atoms with E-state index in [0.29, 0.717) is 17.0 Å². The number of thioether (sulfide) groups is 1. The van der Waals surface area contributed by atoms with Gasteiger partial charge in [-0.2, -0.15) is 0 Å². The van der Waals surface area contributed by atoms with Crippen molar-refractivity contribution in [3.05, 3.63) is 83.2 Å². The molecule has 10 heteroatoms. The maximum atomic E-state index is 12.9. The molecule has 0 bridgehead atoms. The van der Waals surface area contributed by atoms with Gasteiger partial charge < -0.3 is 25.2 Å². The van der Waals surface area contributed by atoms with Crippen molar-refractivity contribution < 1.29 is 33.4 Å². The number of aromatic carboxylic acids is 1. The van der Waals surface area contributed by atoms with Gasteiger partial charge in [0.25, 0.3) is 5.91 Å². The number of anilines is 2. The van der Waals surface area contributed by atoms with Crippen LogP contribution in [-0.2, 0) is 10.5 Å². The zero-order chi connectivity index (χ0) is 25.4. The van der Waals surface area contributed by atoms with E-state index >= 15 is 0 Å². The molecule has 0 aromatic heterocycles. The van der Waals surface area contributed by atoms with E-state index in [-0.39, 0.29) is 40.2 Å². The van der Waals surface area contributed by atoms with Crippen LogP contribution >= 0.6 is 11.8 Å². The fourth-order valence-corrected chi connectivity index (χ4v) is 3.89. The second-order valence-corrected chi connectivity index (χ2v) is 8.24. The second kappa shape index (κ2) is 11.9. The van der Waals surface area contributed by atoms with Crippen LogP contribution in [0.1, 0.15) is 26.3 Å². The Morgan fingerprint density at radius 2 is 1.54 bits per heavy atom. The molecule has 8 nitrogen and oxygen atoms in total. The Balaban J connectivity index is 1.57. The quantitative estimate of drug-likeness (QED) is 0.372. The van der Waals surface area contributed by atoms with E-state index in [4.69, 9.17) is 9.47 Å². The van der Waals surface area contributed by atoms with Gasteiger partial charge in [-0.3, -0.25) is 9.59 Å². The summed E-state index contributed by atoms with van der Waals surface area (Å²) in [7, 11) is 2.80. The largest absolute Gasteiger partial charge is 0.493 e. The lowest BCUT2D eigenvalue weighted by Gasteiger charge is -2.14. The smallest absolute Gasteiger partial charge is 0.337 e. The summed E-state index contributed by atoms with van der Waals surface area (Å²) >= 11 is 1.39. The van der Waals surface area contributed by atoms with Crippen molar-refractivity contribution in [1.29, 1.82) is 0 Å². The molecule has 0 saturated carbocycles. The third kappa shape index (κ3) is 6.97. The van der Waals surface area contributed by atoms with Gasteiger partial charge in [-0.1, -0.05) is 12.1 Å². The van der Waals surface area contributed by atoms with E-state index in [0.717, 1.165) is 5.56 Å². The number of amides is 2. The normalized spacial score (nSPS) is 10.4. The summed E-state index contributed by atoms with van der Waals surface area (Å²) in [6.07, 6.45) is 0. The third-order valence-electron chi connectivity index (χ3n) is 4.85. The molecule has 0 saturated heterocycles. The summed E-state index contributed by atoms with van der Waals surface area (Å²) in [4.78, 5) is 36.3. The lowest BCUT2D eigenvalue weighted by molar-refractivity contribution is -0.113. The Morgan fingerprint density at radius 3 is 2.14 bits per heavy atom. The van der Waals surface area contributed by atoms with Crippen LogP contribution in [0.4, 0.5) is 15.8 Å². The molecule has 2 amide bonds. The monoisotopic (exact) mass is 498 g/mol. The second-order valence-electron chi connectivity index (χ2n) is 7.26. The highest BCUT2D eigenvalue weighted by Crippen LogP contribution is 2.33. The van der Waals surface area contributed by atoms with Crippen LogP contribution in [0.5, 0.6) is 11.5 Å². The topological polar surface area (TPSA) is 114 Å². The van der Waals surface area contributed by atoms with Crippen molar-refractivity contribution in [2.45, 2.75) is 5.75 Å². The average molecular weight is 499 g/mol. The van der Waals surface area contributed by atoms with Crippen molar-refractivity contribution in [3.8, 4) is 11.5 Å².